The van der Waals surface area contributed by atoms with Crippen LogP contribution in [0.3, 0.4) is 0 Å². The van der Waals surface area contributed by atoms with Crippen molar-refractivity contribution >= 4 is 21.1 Å². The molecule has 0 aromatic rings. The monoisotopic (exact) mass is 203 g/mol. The van der Waals surface area contributed by atoms with Crippen molar-refractivity contribution in [1.29, 1.82) is 0 Å². The number of carbonyl (C=O) groups excluding carboxylic acids is 2. The standard InChI is InChI=1S/C8H14NO3P/c1-3-12-8(11)6(2)4-7(10)5-9-13/h4,9H,3,5,13H2,1-2H3/b6-4-. The molecule has 0 aromatic heterocycles. The molecule has 0 aliphatic heterocycles. The zero-order valence-corrected chi connectivity index (χ0v) is 8.95. The molecule has 0 spiro atoms. The van der Waals surface area contributed by atoms with Crippen molar-refractivity contribution in [2.24, 2.45) is 0 Å². The van der Waals surface area contributed by atoms with Gasteiger partial charge in [0, 0.05) is 5.57 Å². The third kappa shape index (κ3) is 5.50. The van der Waals surface area contributed by atoms with Gasteiger partial charge in [0.2, 0.25) is 0 Å². The van der Waals surface area contributed by atoms with Crippen molar-refractivity contribution in [3.05, 3.63) is 11.6 Å². The maximum Gasteiger partial charge on any atom is 0.333 e. The van der Waals surface area contributed by atoms with Gasteiger partial charge in [0.15, 0.2) is 5.78 Å². The van der Waals surface area contributed by atoms with Crippen LogP contribution in [0, 0.1) is 0 Å². The van der Waals surface area contributed by atoms with Gasteiger partial charge in [-0.05, 0) is 19.9 Å². The predicted molar refractivity (Wildman–Crippen MR) is 53.1 cm³/mol. The fourth-order valence-corrected chi connectivity index (χ4v) is 0.898. The minimum absolute atomic E-state index is 0.152. The minimum Gasteiger partial charge on any atom is -0.463 e. The molecule has 74 valence electrons. The van der Waals surface area contributed by atoms with Crippen LogP contribution in [0.5, 0.6) is 0 Å². The lowest BCUT2D eigenvalue weighted by atomic mass is 10.2. The van der Waals surface area contributed by atoms with Crippen LogP contribution in [0.15, 0.2) is 11.6 Å². The molecule has 0 fully saturated rings. The van der Waals surface area contributed by atoms with Gasteiger partial charge in [0.1, 0.15) is 0 Å². The highest BCUT2D eigenvalue weighted by Gasteiger charge is 2.06. The zero-order valence-electron chi connectivity index (χ0n) is 7.79. The van der Waals surface area contributed by atoms with Crippen LogP contribution in [0.25, 0.3) is 0 Å². The van der Waals surface area contributed by atoms with E-state index < -0.39 is 5.97 Å². The van der Waals surface area contributed by atoms with Crippen LogP contribution in [0.1, 0.15) is 13.8 Å². The van der Waals surface area contributed by atoms with Gasteiger partial charge in [-0.15, -0.1) is 0 Å². The molecule has 5 heteroatoms. The summed E-state index contributed by atoms with van der Waals surface area (Å²) in [7, 11) is 2.21. The molecule has 0 saturated heterocycles. The molecule has 0 aromatic carbocycles. The van der Waals surface area contributed by atoms with E-state index in [0.717, 1.165) is 0 Å². The van der Waals surface area contributed by atoms with Crippen LogP contribution in [-0.2, 0) is 14.3 Å². The van der Waals surface area contributed by atoms with E-state index in [1.54, 1.807) is 13.8 Å². The molecule has 0 heterocycles. The molecule has 0 amide bonds. The summed E-state index contributed by atoms with van der Waals surface area (Å²) < 4.78 is 4.70. The number of hydrogen-bond donors (Lipinski definition) is 1. The van der Waals surface area contributed by atoms with Crippen molar-refractivity contribution in [3.63, 3.8) is 0 Å². The van der Waals surface area contributed by atoms with E-state index in [1.807, 2.05) is 0 Å². The average molecular weight is 203 g/mol. The minimum atomic E-state index is -0.445. The summed E-state index contributed by atoms with van der Waals surface area (Å²) in [6.07, 6.45) is 1.27. The van der Waals surface area contributed by atoms with Crippen molar-refractivity contribution in [2.45, 2.75) is 13.8 Å². The molecule has 1 atom stereocenters. The Morgan fingerprint density at radius 2 is 2.15 bits per heavy atom. The number of carbonyl (C=O) groups is 2. The maximum absolute atomic E-state index is 11.0. The molecule has 0 saturated carbocycles. The fourth-order valence-electron chi connectivity index (χ4n) is 0.697. The lowest BCUT2D eigenvalue weighted by Gasteiger charge is -2.00. The topological polar surface area (TPSA) is 55.4 Å². The molecule has 0 aliphatic rings. The van der Waals surface area contributed by atoms with E-state index in [1.165, 1.54) is 6.08 Å². The Morgan fingerprint density at radius 3 is 2.62 bits per heavy atom. The Labute approximate surface area is 80.0 Å². The van der Waals surface area contributed by atoms with Gasteiger partial charge >= 0.3 is 5.97 Å². The zero-order chi connectivity index (χ0) is 10.3. The van der Waals surface area contributed by atoms with Crippen molar-refractivity contribution in [2.75, 3.05) is 13.2 Å². The van der Waals surface area contributed by atoms with Crippen molar-refractivity contribution in [3.8, 4) is 0 Å². The van der Waals surface area contributed by atoms with Crippen molar-refractivity contribution < 1.29 is 14.3 Å². The van der Waals surface area contributed by atoms with E-state index in [-0.39, 0.29) is 12.3 Å². The molecule has 1 unspecified atom stereocenters. The molecule has 0 aliphatic carbocycles. The molecular formula is C8H14NO3P. The van der Waals surface area contributed by atoms with Crippen LogP contribution in [-0.4, -0.2) is 24.9 Å². The second kappa shape index (κ2) is 6.75. The number of esters is 1. The number of ketones is 1. The van der Waals surface area contributed by atoms with Crippen LogP contribution in [0.2, 0.25) is 0 Å². The van der Waals surface area contributed by atoms with E-state index in [2.05, 4.69) is 14.5 Å². The van der Waals surface area contributed by atoms with Gasteiger partial charge in [-0.3, -0.25) is 9.88 Å². The van der Waals surface area contributed by atoms with Crippen LogP contribution < -0.4 is 5.09 Å². The summed E-state index contributed by atoms with van der Waals surface area (Å²) in [4.78, 5) is 22.0. The lowest BCUT2D eigenvalue weighted by Crippen LogP contribution is -2.13. The number of rotatable bonds is 5. The Kier molecular flexibility index (Phi) is 6.37. The van der Waals surface area contributed by atoms with Crippen LogP contribution in [0.4, 0.5) is 0 Å². The Bertz CT molecular complexity index is 225. The summed E-state index contributed by atoms with van der Waals surface area (Å²) in [6, 6.07) is 0. The highest BCUT2D eigenvalue weighted by molar-refractivity contribution is 7.13. The first-order valence-electron chi connectivity index (χ1n) is 3.93. The predicted octanol–water partition coefficient (Wildman–Crippen LogP) is 0.445. The molecule has 0 bridgehead atoms. The normalized spacial score (nSPS) is 11.2. The van der Waals surface area contributed by atoms with Gasteiger partial charge in [-0.25, -0.2) is 4.79 Å². The van der Waals surface area contributed by atoms with Gasteiger partial charge in [-0.2, -0.15) is 0 Å². The van der Waals surface area contributed by atoms with Crippen LogP contribution >= 0.6 is 9.39 Å². The third-order valence-corrected chi connectivity index (χ3v) is 1.46. The smallest absolute Gasteiger partial charge is 0.333 e. The van der Waals surface area contributed by atoms with E-state index in [4.69, 9.17) is 4.74 Å². The SMILES string of the molecule is CCOC(=O)/C(C)=C\C(=O)CNP. The summed E-state index contributed by atoms with van der Waals surface area (Å²) >= 11 is 0. The molecule has 4 nitrogen and oxygen atoms in total. The van der Waals surface area contributed by atoms with Gasteiger partial charge in [0.25, 0.3) is 0 Å². The Morgan fingerprint density at radius 1 is 1.54 bits per heavy atom. The molecular weight excluding hydrogens is 189 g/mol. The fraction of sp³-hybridized carbons (Fsp3) is 0.500. The second-order valence-electron chi connectivity index (χ2n) is 2.40. The average Bonchev–Trinajstić information content (AvgIpc) is 2.05. The summed E-state index contributed by atoms with van der Waals surface area (Å²) in [5.41, 5.74) is 0.326. The quantitative estimate of drug-likeness (QED) is 0.400. The lowest BCUT2D eigenvalue weighted by molar-refractivity contribution is -0.138. The molecule has 0 rings (SSSR count). The number of hydrogen-bond acceptors (Lipinski definition) is 4. The van der Waals surface area contributed by atoms with Gasteiger partial charge in [0.05, 0.1) is 13.2 Å². The first kappa shape index (κ1) is 12.3. The largest absolute Gasteiger partial charge is 0.463 e. The molecule has 0 radical (unpaired) electrons. The van der Waals surface area contributed by atoms with E-state index >= 15 is 0 Å². The highest BCUT2D eigenvalue weighted by Crippen LogP contribution is 1.96. The summed E-state index contributed by atoms with van der Waals surface area (Å²) in [6.45, 7) is 3.79. The first-order valence-corrected chi connectivity index (χ1v) is 4.51. The number of nitrogens with one attached hydrogen (secondary N) is 1. The van der Waals surface area contributed by atoms with E-state index in [0.29, 0.717) is 12.2 Å². The summed E-state index contributed by atoms with van der Waals surface area (Å²) in [5, 5.41) is 2.61. The molecule has 1 N–H and O–H groups in total. The highest BCUT2D eigenvalue weighted by atomic mass is 31.0. The Balaban J connectivity index is 4.14. The number of ether oxygens (including phenoxy) is 1. The Hall–Kier alpha value is -0.730. The second-order valence-corrected chi connectivity index (χ2v) is 2.80. The maximum atomic E-state index is 11.0. The van der Waals surface area contributed by atoms with Gasteiger partial charge < -0.3 is 4.74 Å². The first-order chi connectivity index (χ1) is 6.11. The van der Waals surface area contributed by atoms with Crippen molar-refractivity contribution in [1.82, 2.24) is 5.09 Å². The summed E-state index contributed by atoms with van der Waals surface area (Å²) in [5.74, 6) is -0.597. The van der Waals surface area contributed by atoms with Gasteiger partial charge in [-0.1, -0.05) is 9.39 Å². The molecule has 13 heavy (non-hydrogen) atoms. The van der Waals surface area contributed by atoms with E-state index in [9.17, 15) is 9.59 Å². The third-order valence-electron chi connectivity index (χ3n) is 1.25.